The highest BCUT2D eigenvalue weighted by Gasteiger charge is 1.98. The molecule has 0 saturated heterocycles. The van der Waals surface area contributed by atoms with Crippen LogP contribution in [0, 0.1) is 0 Å². The van der Waals surface area contributed by atoms with Crippen molar-refractivity contribution < 1.29 is 0 Å². The lowest BCUT2D eigenvalue weighted by Crippen LogP contribution is -2.15. The van der Waals surface area contributed by atoms with E-state index in [1.165, 1.54) is 5.70 Å². The van der Waals surface area contributed by atoms with E-state index in [0.29, 0.717) is 0 Å². The molecule has 0 spiro atoms. The van der Waals surface area contributed by atoms with E-state index >= 15 is 0 Å². The first-order valence-electron chi connectivity index (χ1n) is 3.07. The van der Waals surface area contributed by atoms with Crippen LogP contribution in [0.4, 0.5) is 0 Å². The molecule has 9 heavy (non-hydrogen) atoms. The quantitative estimate of drug-likeness (QED) is 0.512. The number of hydrogen-bond donors (Lipinski definition) is 0. The van der Waals surface area contributed by atoms with E-state index in [1.54, 1.807) is 0 Å². The van der Waals surface area contributed by atoms with Gasteiger partial charge in [0.2, 0.25) is 0 Å². The standard InChI is InChI=1S/C8H11N/c1-3-9-7-5-4-6-8(9)2/h3-6H,1,7H2,2H3. The van der Waals surface area contributed by atoms with Crippen LogP contribution in [-0.4, -0.2) is 11.4 Å². The lowest BCUT2D eigenvalue weighted by atomic mass is 10.3. The van der Waals surface area contributed by atoms with Crippen LogP contribution >= 0.6 is 0 Å². The van der Waals surface area contributed by atoms with Crippen LogP contribution in [0.2, 0.25) is 0 Å². The molecule has 0 aromatic heterocycles. The van der Waals surface area contributed by atoms with E-state index in [1.807, 2.05) is 6.20 Å². The SMILES string of the molecule is C=CN1CC=CC=C1C. The maximum atomic E-state index is 3.69. The summed E-state index contributed by atoms with van der Waals surface area (Å²) < 4.78 is 0. The van der Waals surface area contributed by atoms with Crippen molar-refractivity contribution in [3.05, 3.63) is 36.7 Å². The Balaban J connectivity index is 2.69. The first kappa shape index (κ1) is 6.14. The zero-order valence-electron chi connectivity index (χ0n) is 5.67. The van der Waals surface area contributed by atoms with E-state index in [0.717, 1.165) is 6.54 Å². The van der Waals surface area contributed by atoms with E-state index < -0.39 is 0 Å². The van der Waals surface area contributed by atoms with Gasteiger partial charge in [0.15, 0.2) is 0 Å². The highest BCUT2D eigenvalue weighted by atomic mass is 15.1. The van der Waals surface area contributed by atoms with Gasteiger partial charge in [-0.3, -0.25) is 0 Å². The molecule has 0 atom stereocenters. The summed E-state index contributed by atoms with van der Waals surface area (Å²) in [5.74, 6) is 0. The number of hydrogen-bond acceptors (Lipinski definition) is 1. The highest BCUT2D eigenvalue weighted by molar-refractivity contribution is 5.17. The molecule has 0 unspecified atom stereocenters. The first-order chi connectivity index (χ1) is 4.34. The lowest BCUT2D eigenvalue weighted by Gasteiger charge is -2.20. The van der Waals surface area contributed by atoms with Gasteiger partial charge in [0.1, 0.15) is 0 Å². The molecule has 0 saturated carbocycles. The smallest absolute Gasteiger partial charge is 0.0405 e. The Hall–Kier alpha value is -0.980. The Morgan fingerprint density at radius 3 is 3.00 bits per heavy atom. The Kier molecular flexibility index (Phi) is 1.73. The summed E-state index contributed by atoms with van der Waals surface area (Å²) in [7, 11) is 0. The van der Waals surface area contributed by atoms with Crippen LogP contribution in [0.5, 0.6) is 0 Å². The van der Waals surface area contributed by atoms with E-state index in [4.69, 9.17) is 0 Å². The maximum Gasteiger partial charge on any atom is 0.0405 e. The van der Waals surface area contributed by atoms with Gasteiger partial charge in [-0.15, -0.1) is 0 Å². The molecule has 0 N–H and O–H groups in total. The topological polar surface area (TPSA) is 3.24 Å². The molecule has 1 heteroatoms. The highest BCUT2D eigenvalue weighted by Crippen LogP contribution is 2.07. The molecule has 1 rings (SSSR count). The Labute approximate surface area is 56.0 Å². The Morgan fingerprint density at radius 1 is 1.78 bits per heavy atom. The first-order valence-corrected chi connectivity index (χ1v) is 3.07. The summed E-state index contributed by atoms with van der Waals surface area (Å²) in [6.45, 7) is 6.72. The average Bonchev–Trinajstić information content (AvgIpc) is 1.89. The third-order valence-corrected chi connectivity index (χ3v) is 1.45. The second kappa shape index (κ2) is 2.53. The fraction of sp³-hybridized carbons (Fsp3) is 0.250. The Morgan fingerprint density at radius 2 is 2.56 bits per heavy atom. The van der Waals surface area contributed by atoms with Crippen molar-refractivity contribution in [1.29, 1.82) is 0 Å². The fourth-order valence-corrected chi connectivity index (χ4v) is 0.840. The zero-order chi connectivity index (χ0) is 6.69. The predicted molar refractivity (Wildman–Crippen MR) is 39.8 cm³/mol. The summed E-state index contributed by atoms with van der Waals surface area (Å²) in [5, 5.41) is 0. The molecule has 1 heterocycles. The normalized spacial score (nSPS) is 17.4. The second-order valence-electron chi connectivity index (χ2n) is 2.07. The lowest BCUT2D eigenvalue weighted by molar-refractivity contribution is 0.513. The van der Waals surface area contributed by atoms with Gasteiger partial charge in [-0.2, -0.15) is 0 Å². The number of allylic oxidation sites excluding steroid dienone is 3. The minimum absolute atomic E-state index is 0.964. The van der Waals surface area contributed by atoms with Crippen LogP contribution in [-0.2, 0) is 0 Å². The van der Waals surface area contributed by atoms with Gasteiger partial charge in [-0.1, -0.05) is 18.7 Å². The van der Waals surface area contributed by atoms with Gasteiger partial charge in [0.05, 0.1) is 0 Å². The van der Waals surface area contributed by atoms with Gasteiger partial charge in [0, 0.05) is 12.2 Å². The molecule has 1 aliphatic heterocycles. The van der Waals surface area contributed by atoms with Gasteiger partial charge >= 0.3 is 0 Å². The third kappa shape index (κ3) is 1.22. The predicted octanol–water partition coefficient (Wildman–Crippen LogP) is 1.91. The van der Waals surface area contributed by atoms with Crippen molar-refractivity contribution in [3.63, 3.8) is 0 Å². The molecule has 0 aromatic rings. The van der Waals surface area contributed by atoms with Crippen molar-refractivity contribution in [2.75, 3.05) is 6.54 Å². The molecule has 1 nitrogen and oxygen atoms in total. The molecule has 0 aromatic carbocycles. The number of nitrogens with zero attached hydrogens (tertiary/aromatic N) is 1. The average molecular weight is 121 g/mol. The molecule has 0 radical (unpaired) electrons. The largest absolute Gasteiger partial charge is 0.349 e. The summed E-state index contributed by atoms with van der Waals surface area (Å²) in [6, 6.07) is 0. The van der Waals surface area contributed by atoms with Crippen LogP contribution in [0.15, 0.2) is 36.7 Å². The van der Waals surface area contributed by atoms with Crippen molar-refractivity contribution in [2.45, 2.75) is 6.92 Å². The molecule has 48 valence electrons. The van der Waals surface area contributed by atoms with Gasteiger partial charge in [-0.05, 0) is 19.2 Å². The monoisotopic (exact) mass is 121 g/mol. The zero-order valence-corrected chi connectivity index (χ0v) is 5.67. The minimum Gasteiger partial charge on any atom is -0.349 e. The van der Waals surface area contributed by atoms with Crippen LogP contribution in [0.3, 0.4) is 0 Å². The molecule has 0 bridgehead atoms. The van der Waals surface area contributed by atoms with E-state index in [9.17, 15) is 0 Å². The van der Waals surface area contributed by atoms with Gasteiger partial charge < -0.3 is 4.90 Å². The Bertz CT molecular complexity index is 165. The van der Waals surface area contributed by atoms with Crippen LogP contribution in [0.25, 0.3) is 0 Å². The molecule has 1 aliphatic rings. The third-order valence-electron chi connectivity index (χ3n) is 1.45. The molecular formula is C8H11N. The van der Waals surface area contributed by atoms with Gasteiger partial charge in [-0.25, -0.2) is 0 Å². The molecule has 0 fully saturated rings. The maximum absolute atomic E-state index is 3.69. The second-order valence-corrected chi connectivity index (χ2v) is 2.07. The molecule has 0 amide bonds. The fourth-order valence-electron chi connectivity index (χ4n) is 0.840. The van der Waals surface area contributed by atoms with Crippen molar-refractivity contribution in [3.8, 4) is 0 Å². The summed E-state index contributed by atoms with van der Waals surface area (Å²) in [6.07, 6.45) is 8.09. The van der Waals surface area contributed by atoms with Gasteiger partial charge in [0.25, 0.3) is 0 Å². The molecular weight excluding hydrogens is 110 g/mol. The number of rotatable bonds is 1. The summed E-state index contributed by atoms with van der Waals surface area (Å²) >= 11 is 0. The minimum atomic E-state index is 0.964. The van der Waals surface area contributed by atoms with Crippen molar-refractivity contribution in [2.24, 2.45) is 0 Å². The van der Waals surface area contributed by atoms with E-state index in [2.05, 4.69) is 36.6 Å². The van der Waals surface area contributed by atoms with E-state index in [-0.39, 0.29) is 0 Å². The summed E-state index contributed by atoms with van der Waals surface area (Å²) in [5.41, 5.74) is 1.26. The summed E-state index contributed by atoms with van der Waals surface area (Å²) in [4.78, 5) is 2.10. The van der Waals surface area contributed by atoms with Crippen LogP contribution in [0.1, 0.15) is 6.92 Å². The van der Waals surface area contributed by atoms with Crippen LogP contribution < -0.4 is 0 Å². The molecule has 0 aliphatic carbocycles. The van der Waals surface area contributed by atoms with Crippen molar-refractivity contribution in [1.82, 2.24) is 4.90 Å². The van der Waals surface area contributed by atoms with Crippen molar-refractivity contribution >= 4 is 0 Å².